The lowest BCUT2D eigenvalue weighted by molar-refractivity contribution is 0.270. The molecule has 1 aliphatic rings. The standard InChI is InChI=1S/C16H20ClN5/c1-2-21-6-8-22(9-7-21)16-11-15(18-12-19-16)20-14-5-3-4-13(17)10-14/h3-5,10-12H,2,6-9H2,1H3,(H,18,19,20). The van der Waals surface area contributed by atoms with E-state index in [4.69, 9.17) is 11.6 Å². The first-order valence-electron chi connectivity index (χ1n) is 7.56. The lowest BCUT2D eigenvalue weighted by Crippen LogP contribution is -2.46. The molecule has 22 heavy (non-hydrogen) atoms. The van der Waals surface area contributed by atoms with Gasteiger partial charge in [-0.2, -0.15) is 0 Å². The van der Waals surface area contributed by atoms with Gasteiger partial charge >= 0.3 is 0 Å². The number of nitrogens with zero attached hydrogens (tertiary/aromatic N) is 4. The summed E-state index contributed by atoms with van der Waals surface area (Å²) in [5, 5.41) is 3.98. The van der Waals surface area contributed by atoms with E-state index in [-0.39, 0.29) is 0 Å². The highest BCUT2D eigenvalue weighted by Crippen LogP contribution is 2.21. The molecule has 6 heteroatoms. The molecule has 0 saturated carbocycles. The number of anilines is 3. The Kier molecular flexibility index (Phi) is 4.75. The van der Waals surface area contributed by atoms with Crippen LogP contribution in [0.5, 0.6) is 0 Å². The third-order valence-corrected chi connectivity index (χ3v) is 4.13. The zero-order valence-electron chi connectivity index (χ0n) is 12.7. The quantitative estimate of drug-likeness (QED) is 0.939. The van der Waals surface area contributed by atoms with E-state index in [2.05, 4.69) is 32.0 Å². The van der Waals surface area contributed by atoms with Gasteiger partial charge in [0.2, 0.25) is 0 Å². The maximum absolute atomic E-state index is 6.01. The summed E-state index contributed by atoms with van der Waals surface area (Å²) in [7, 11) is 0. The Morgan fingerprint density at radius 2 is 1.95 bits per heavy atom. The molecule has 1 aromatic heterocycles. The van der Waals surface area contributed by atoms with Crippen LogP contribution in [0.25, 0.3) is 0 Å². The van der Waals surface area contributed by atoms with Crippen LogP contribution in [-0.4, -0.2) is 47.6 Å². The fraction of sp³-hybridized carbons (Fsp3) is 0.375. The minimum absolute atomic E-state index is 0.704. The molecular weight excluding hydrogens is 298 g/mol. The van der Waals surface area contributed by atoms with Crippen molar-refractivity contribution in [3.05, 3.63) is 41.7 Å². The average molecular weight is 318 g/mol. The number of rotatable bonds is 4. The Hall–Kier alpha value is -1.85. The van der Waals surface area contributed by atoms with E-state index < -0.39 is 0 Å². The third kappa shape index (κ3) is 3.67. The molecule has 0 amide bonds. The number of aromatic nitrogens is 2. The van der Waals surface area contributed by atoms with E-state index in [1.807, 2.05) is 30.3 Å². The van der Waals surface area contributed by atoms with Crippen molar-refractivity contribution in [2.75, 3.05) is 42.9 Å². The predicted octanol–water partition coefficient (Wildman–Crippen LogP) is 3.02. The number of hydrogen-bond acceptors (Lipinski definition) is 5. The fourth-order valence-corrected chi connectivity index (χ4v) is 2.79. The van der Waals surface area contributed by atoms with E-state index in [0.29, 0.717) is 5.02 Å². The Labute approximate surface area is 135 Å². The largest absolute Gasteiger partial charge is 0.354 e. The molecule has 0 spiro atoms. The zero-order valence-corrected chi connectivity index (χ0v) is 13.4. The molecule has 1 aliphatic heterocycles. The second kappa shape index (κ2) is 6.94. The lowest BCUT2D eigenvalue weighted by atomic mass is 10.3. The van der Waals surface area contributed by atoms with Gasteiger partial charge in [0.25, 0.3) is 0 Å². The van der Waals surface area contributed by atoms with Gasteiger partial charge in [0, 0.05) is 43.0 Å². The highest BCUT2D eigenvalue weighted by molar-refractivity contribution is 6.30. The van der Waals surface area contributed by atoms with Gasteiger partial charge in [-0.05, 0) is 24.7 Å². The Bertz CT molecular complexity index is 625. The zero-order chi connectivity index (χ0) is 15.4. The second-order valence-electron chi connectivity index (χ2n) is 5.32. The van der Waals surface area contributed by atoms with Crippen molar-refractivity contribution in [2.24, 2.45) is 0 Å². The van der Waals surface area contributed by atoms with Crippen molar-refractivity contribution in [2.45, 2.75) is 6.92 Å². The molecule has 0 aliphatic carbocycles. The molecular formula is C16H20ClN5. The van der Waals surface area contributed by atoms with Crippen LogP contribution < -0.4 is 10.2 Å². The molecule has 1 saturated heterocycles. The van der Waals surface area contributed by atoms with Gasteiger partial charge in [-0.3, -0.25) is 0 Å². The van der Waals surface area contributed by atoms with Gasteiger partial charge in [0.15, 0.2) is 0 Å². The first-order valence-corrected chi connectivity index (χ1v) is 7.94. The highest BCUT2D eigenvalue weighted by Gasteiger charge is 2.17. The maximum Gasteiger partial charge on any atom is 0.135 e. The monoisotopic (exact) mass is 317 g/mol. The lowest BCUT2D eigenvalue weighted by Gasteiger charge is -2.34. The Morgan fingerprint density at radius 3 is 2.68 bits per heavy atom. The highest BCUT2D eigenvalue weighted by atomic mass is 35.5. The fourth-order valence-electron chi connectivity index (χ4n) is 2.60. The minimum Gasteiger partial charge on any atom is -0.354 e. The second-order valence-corrected chi connectivity index (χ2v) is 5.75. The number of nitrogens with one attached hydrogen (secondary N) is 1. The summed E-state index contributed by atoms with van der Waals surface area (Å²) in [5.41, 5.74) is 0.924. The van der Waals surface area contributed by atoms with Crippen LogP contribution in [0, 0.1) is 0 Å². The molecule has 3 rings (SSSR count). The van der Waals surface area contributed by atoms with Crippen molar-refractivity contribution in [3.63, 3.8) is 0 Å². The number of halogens is 1. The van der Waals surface area contributed by atoms with E-state index >= 15 is 0 Å². The van der Waals surface area contributed by atoms with Crippen molar-refractivity contribution >= 4 is 28.9 Å². The van der Waals surface area contributed by atoms with E-state index in [1.54, 1.807) is 6.33 Å². The van der Waals surface area contributed by atoms with Gasteiger partial charge in [-0.1, -0.05) is 24.6 Å². The van der Waals surface area contributed by atoms with Gasteiger partial charge in [0.1, 0.15) is 18.0 Å². The number of hydrogen-bond donors (Lipinski definition) is 1. The van der Waals surface area contributed by atoms with Crippen LogP contribution in [-0.2, 0) is 0 Å². The van der Waals surface area contributed by atoms with Crippen molar-refractivity contribution in [1.82, 2.24) is 14.9 Å². The topological polar surface area (TPSA) is 44.3 Å². The molecule has 0 bridgehead atoms. The number of piperazine rings is 1. The molecule has 116 valence electrons. The van der Waals surface area contributed by atoms with Gasteiger partial charge < -0.3 is 15.1 Å². The average Bonchev–Trinajstić information content (AvgIpc) is 2.55. The number of likely N-dealkylation sites (N-methyl/N-ethyl adjacent to an activating group) is 1. The van der Waals surface area contributed by atoms with Crippen LogP contribution in [0.4, 0.5) is 17.3 Å². The van der Waals surface area contributed by atoms with Crippen molar-refractivity contribution < 1.29 is 0 Å². The number of benzene rings is 1. The SMILES string of the molecule is CCN1CCN(c2cc(Nc3cccc(Cl)c3)ncn2)CC1. The summed E-state index contributed by atoms with van der Waals surface area (Å²) in [5.74, 6) is 1.75. The normalized spacial score (nSPS) is 15.8. The van der Waals surface area contributed by atoms with E-state index in [9.17, 15) is 0 Å². The summed E-state index contributed by atoms with van der Waals surface area (Å²) in [4.78, 5) is 13.4. The minimum atomic E-state index is 0.704. The smallest absolute Gasteiger partial charge is 0.135 e. The summed E-state index contributed by atoms with van der Waals surface area (Å²) in [6.45, 7) is 7.48. The summed E-state index contributed by atoms with van der Waals surface area (Å²) < 4.78 is 0. The molecule has 0 atom stereocenters. The van der Waals surface area contributed by atoms with Crippen molar-refractivity contribution in [3.8, 4) is 0 Å². The molecule has 5 nitrogen and oxygen atoms in total. The van der Waals surface area contributed by atoms with E-state index in [0.717, 1.165) is 50.0 Å². The van der Waals surface area contributed by atoms with Gasteiger partial charge in [-0.15, -0.1) is 0 Å². The van der Waals surface area contributed by atoms with Gasteiger partial charge in [-0.25, -0.2) is 9.97 Å². The molecule has 1 aromatic carbocycles. The Morgan fingerprint density at radius 1 is 1.14 bits per heavy atom. The Balaban J connectivity index is 1.70. The summed E-state index contributed by atoms with van der Waals surface area (Å²) >= 11 is 6.01. The summed E-state index contributed by atoms with van der Waals surface area (Å²) in [6.07, 6.45) is 1.61. The maximum atomic E-state index is 6.01. The van der Waals surface area contributed by atoms with Crippen molar-refractivity contribution in [1.29, 1.82) is 0 Å². The first-order chi connectivity index (χ1) is 10.7. The summed E-state index contributed by atoms with van der Waals surface area (Å²) in [6, 6.07) is 9.60. The molecule has 0 unspecified atom stereocenters. The van der Waals surface area contributed by atoms with Crippen LogP contribution in [0.3, 0.4) is 0 Å². The molecule has 2 heterocycles. The van der Waals surface area contributed by atoms with Crippen LogP contribution in [0.2, 0.25) is 5.02 Å². The van der Waals surface area contributed by atoms with Crippen LogP contribution >= 0.6 is 11.6 Å². The first kappa shape index (κ1) is 15.1. The third-order valence-electron chi connectivity index (χ3n) is 3.89. The predicted molar refractivity (Wildman–Crippen MR) is 91.1 cm³/mol. The van der Waals surface area contributed by atoms with Crippen LogP contribution in [0.1, 0.15) is 6.92 Å². The molecule has 1 fully saturated rings. The molecule has 1 N–H and O–H groups in total. The molecule has 2 aromatic rings. The van der Waals surface area contributed by atoms with Crippen LogP contribution in [0.15, 0.2) is 36.7 Å². The molecule has 0 radical (unpaired) electrons. The van der Waals surface area contributed by atoms with Gasteiger partial charge in [0.05, 0.1) is 0 Å². The van der Waals surface area contributed by atoms with E-state index in [1.165, 1.54) is 0 Å².